The number of sulfonamides is 1. The van der Waals surface area contributed by atoms with Crippen molar-refractivity contribution < 1.29 is 13.2 Å². The first-order valence-corrected chi connectivity index (χ1v) is 11.0. The molecule has 0 atom stereocenters. The van der Waals surface area contributed by atoms with Crippen LogP contribution in [0.4, 0.5) is 11.4 Å². The smallest absolute Gasteiger partial charge is 0.243 e. The van der Waals surface area contributed by atoms with Crippen molar-refractivity contribution >= 4 is 38.9 Å². The van der Waals surface area contributed by atoms with Gasteiger partial charge < -0.3 is 10.2 Å². The number of carbonyl (C=O) groups is 1. The van der Waals surface area contributed by atoms with E-state index in [4.69, 9.17) is 11.6 Å². The maximum Gasteiger partial charge on any atom is 0.243 e. The number of nitrogens with one attached hydrogen (secondary N) is 1. The monoisotopic (exact) mass is 421 g/mol. The second-order valence-corrected chi connectivity index (χ2v) is 9.34. The summed E-state index contributed by atoms with van der Waals surface area (Å²) < 4.78 is 26.1. The highest BCUT2D eigenvalue weighted by Crippen LogP contribution is 2.22. The van der Waals surface area contributed by atoms with Gasteiger partial charge in [0, 0.05) is 36.5 Å². The average Bonchev–Trinajstić information content (AvgIpc) is 2.69. The van der Waals surface area contributed by atoms with Crippen LogP contribution in [0.25, 0.3) is 0 Å². The number of halogens is 1. The van der Waals surface area contributed by atoms with Crippen LogP contribution in [-0.2, 0) is 14.8 Å². The highest BCUT2D eigenvalue weighted by atomic mass is 35.5. The van der Waals surface area contributed by atoms with Gasteiger partial charge in [-0.3, -0.25) is 4.79 Å². The van der Waals surface area contributed by atoms with Gasteiger partial charge in [-0.1, -0.05) is 11.6 Å². The fourth-order valence-electron chi connectivity index (χ4n) is 3.18. The highest BCUT2D eigenvalue weighted by molar-refractivity contribution is 7.89. The molecule has 0 unspecified atom stereocenters. The predicted octanol–water partition coefficient (Wildman–Crippen LogP) is 3.59. The molecule has 1 saturated heterocycles. The van der Waals surface area contributed by atoms with Crippen molar-refractivity contribution in [2.45, 2.75) is 24.2 Å². The van der Waals surface area contributed by atoms with Gasteiger partial charge in [0.1, 0.15) is 0 Å². The Hall–Kier alpha value is -2.09. The highest BCUT2D eigenvalue weighted by Gasteiger charge is 2.23. The molecule has 1 heterocycles. The molecule has 0 saturated carbocycles. The summed E-state index contributed by atoms with van der Waals surface area (Å²) in [5, 5.41) is 3.20. The van der Waals surface area contributed by atoms with E-state index in [2.05, 4.69) is 10.2 Å². The van der Waals surface area contributed by atoms with Gasteiger partial charge in [0.25, 0.3) is 0 Å². The lowest BCUT2D eigenvalue weighted by atomic mass is 10.1. The van der Waals surface area contributed by atoms with Crippen LogP contribution in [0, 0.1) is 0 Å². The largest absolute Gasteiger partial charge is 0.372 e. The fourth-order valence-corrected chi connectivity index (χ4v) is 4.44. The maximum absolute atomic E-state index is 12.5. The van der Waals surface area contributed by atoms with Crippen LogP contribution in [0.2, 0.25) is 5.02 Å². The molecule has 1 amide bonds. The van der Waals surface area contributed by atoms with E-state index in [1.54, 1.807) is 0 Å². The number of piperidine rings is 1. The SMILES string of the molecule is CN(CC(=O)Nc1ccc(N2CCCCC2)cc1)S(=O)(=O)c1ccc(Cl)cc1. The summed E-state index contributed by atoms with van der Waals surface area (Å²) in [6.07, 6.45) is 3.68. The summed E-state index contributed by atoms with van der Waals surface area (Å²) in [6.45, 7) is 1.83. The maximum atomic E-state index is 12.5. The third kappa shape index (κ3) is 5.04. The first-order valence-electron chi connectivity index (χ1n) is 9.23. The lowest BCUT2D eigenvalue weighted by molar-refractivity contribution is -0.116. The van der Waals surface area contributed by atoms with E-state index in [0.29, 0.717) is 10.7 Å². The van der Waals surface area contributed by atoms with Crippen molar-refractivity contribution in [3.63, 3.8) is 0 Å². The van der Waals surface area contributed by atoms with Gasteiger partial charge in [0.05, 0.1) is 11.4 Å². The molecular formula is C20H24ClN3O3S. The van der Waals surface area contributed by atoms with E-state index < -0.39 is 15.9 Å². The molecule has 0 bridgehead atoms. The van der Waals surface area contributed by atoms with E-state index in [0.717, 1.165) is 23.1 Å². The number of nitrogens with zero attached hydrogens (tertiary/aromatic N) is 2. The fraction of sp³-hybridized carbons (Fsp3) is 0.350. The number of anilines is 2. The summed E-state index contributed by atoms with van der Waals surface area (Å²) in [5.74, 6) is -0.397. The standard InChI is InChI=1S/C20H24ClN3O3S/c1-23(28(26,27)19-11-5-16(21)6-12-19)15-20(25)22-17-7-9-18(10-8-17)24-13-3-2-4-14-24/h5-12H,2-4,13-15H2,1H3,(H,22,25). The van der Waals surface area contributed by atoms with Crippen LogP contribution in [0.15, 0.2) is 53.4 Å². The van der Waals surface area contributed by atoms with E-state index in [9.17, 15) is 13.2 Å². The molecule has 0 aliphatic carbocycles. The van der Waals surface area contributed by atoms with Crippen molar-refractivity contribution in [3.8, 4) is 0 Å². The topological polar surface area (TPSA) is 69.7 Å². The number of likely N-dealkylation sites (N-methyl/N-ethyl adjacent to an activating group) is 1. The Morgan fingerprint density at radius 1 is 1.04 bits per heavy atom. The molecule has 2 aromatic carbocycles. The summed E-state index contributed by atoms with van der Waals surface area (Å²) in [6, 6.07) is 13.5. The summed E-state index contributed by atoms with van der Waals surface area (Å²) >= 11 is 5.80. The van der Waals surface area contributed by atoms with Crippen LogP contribution in [0.3, 0.4) is 0 Å². The van der Waals surface area contributed by atoms with E-state index in [1.165, 1.54) is 50.6 Å². The molecule has 2 aromatic rings. The van der Waals surface area contributed by atoms with Crippen molar-refractivity contribution in [3.05, 3.63) is 53.6 Å². The predicted molar refractivity (Wildman–Crippen MR) is 112 cm³/mol. The molecule has 1 aliphatic heterocycles. The third-order valence-corrected chi connectivity index (χ3v) is 6.83. The van der Waals surface area contributed by atoms with E-state index in [1.807, 2.05) is 24.3 Å². The quantitative estimate of drug-likeness (QED) is 0.773. The second-order valence-electron chi connectivity index (χ2n) is 6.86. The van der Waals surface area contributed by atoms with Crippen molar-refractivity contribution in [2.24, 2.45) is 0 Å². The molecule has 1 aliphatic rings. The van der Waals surface area contributed by atoms with E-state index in [-0.39, 0.29) is 11.4 Å². The van der Waals surface area contributed by atoms with E-state index >= 15 is 0 Å². The Bertz CT molecular complexity index is 909. The first kappa shape index (κ1) is 20.6. The minimum Gasteiger partial charge on any atom is -0.372 e. The number of carbonyl (C=O) groups excluding carboxylic acids is 1. The zero-order chi connectivity index (χ0) is 20.1. The molecule has 6 nitrogen and oxygen atoms in total. The molecule has 28 heavy (non-hydrogen) atoms. The Morgan fingerprint density at radius 3 is 2.25 bits per heavy atom. The lowest BCUT2D eigenvalue weighted by Crippen LogP contribution is -2.35. The van der Waals surface area contributed by atoms with Crippen molar-refractivity contribution in [1.29, 1.82) is 0 Å². The minimum absolute atomic E-state index is 0.0954. The van der Waals surface area contributed by atoms with Gasteiger partial charge in [0.2, 0.25) is 15.9 Å². The third-order valence-electron chi connectivity index (χ3n) is 4.76. The second kappa shape index (κ2) is 8.94. The molecule has 3 rings (SSSR count). The molecule has 0 radical (unpaired) electrons. The molecule has 0 aromatic heterocycles. The van der Waals surface area contributed by atoms with Crippen molar-refractivity contribution in [1.82, 2.24) is 4.31 Å². The van der Waals surface area contributed by atoms with Gasteiger partial charge in [-0.2, -0.15) is 4.31 Å². The van der Waals surface area contributed by atoms with Gasteiger partial charge in [0.15, 0.2) is 0 Å². The van der Waals surface area contributed by atoms with Crippen LogP contribution in [0.5, 0.6) is 0 Å². The molecule has 0 spiro atoms. The number of hydrogen-bond acceptors (Lipinski definition) is 4. The number of rotatable bonds is 6. The van der Waals surface area contributed by atoms with Gasteiger partial charge in [-0.15, -0.1) is 0 Å². The van der Waals surface area contributed by atoms with Crippen LogP contribution in [-0.4, -0.2) is 45.3 Å². The molecule has 1 fully saturated rings. The lowest BCUT2D eigenvalue weighted by Gasteiger charge is -2.28. The average molecular weight is 422 g/mol. The zero-order valence-corrected chi connectivity index (χ0v) is 17.3. The molecular weight excluding hydrogens is 398 g/mol. The number of hydrogen-bond donors (Lipinski definition) is 1. The van der Waals surface area contributed by atoms with Crippen LogP contribution in [0.1, 0.15) is 19.3 Å². The Morgan fingerprint density at radius 2 is 1.64 bits per heavy atom. The van der Waals surface area contributed by atoms with Crippen molar-refractivity contribution in [2.75, 3.05) is 36.9 Å². The molecule has 8 heteroatoms. The van der Waals surface area contributed by atoms with Crippen LogP contribution < -0.4 is 10.2 Å². The normalized spacial score (nSPS) is 14.9. The number of benzene rings is 2. The summed E-state index contributed by atoms with van der Waals surface area (Å²) in [4.78, 5) is 14.7. The Labute approximate surface area is 171 Å². The molecule has 1 N–H and O–H groups in total. The minimum atomic E-state index is -3.76. The summed E-state index contributed by atoms with van der Waals surface area (Å²) in [7, 11) is -2.38. The Kier molecular flexibility index (Phi) is 6.59. The first-order chi connectivity index (χ1) is 13.4. The summed E-state index contributed by atoms with van der Waals surface area (Å²) in [5.41, 5.74) is 1.78. The van der Waals surface area contributed by atoms with Gasteiger partial charge in [-0.25, -0.2) is 8.42 Å². The van der Waals surface area contributed by atoms with Crippen LogP contribution >= 0.6 is 11.6 Å². The van der Waals surface area contributed by atoms with Gasteiger partial charge in [-0.05, 0) is 67.8 Å². The number of amides is 1. The Balaban J connectivity index is 1.59. The van der Waals surface area contributed by atoms with Gasteiger partial charge >= 0.3 is 0 Å². The molecule has 150 valence electrons. The zero-order valence-electron chi connectivity index (χ0n) is 15.8.